The van der Waals surface area contributed by atoms with Gasteiger partial charge in [0.05, 0.1) is 11.1 Å². The monoisotopic (exact) mass is 338 g/mol. The maximum atomic E-state index is 12.4. The zero-order valence-electron chi connectivity index (χ0n) is 12.2. The van der Waals surface area contributed by atoms with Crippen molar-refractivity contribution in [3.8, 4) is 5.75 Å². The van der Waals surface area contributed by atoms with Crippen molar-refractivity contribution in [2.24, 2.45) is 5.92 Å². The van der Waals surface area contributed by atoms with Crippen LogP contribution in [0.15, 0.2) is 22.7 Å². The highest BCUT2D eigenvalue weighted by molar-refractivity contribution is 9.10. The standard InChI is InChI=1S/C17H23BrO2/c1-2-20-17-10-9-14(12-15(17)18)16(19)11-13-7-5-3-4-6-8-13/h9-10,12-13H,2-8,11H2,1H3. The number of halogens is 1. The molecule has 1 fully saturated rings. The number of ether oxygens (including phenoxy) is 1. The summed E-state index contributed by atoms with van der Waals surface area (Å²) in [6.45, 7) is 2.59. The topological polar surface area (TPSA) is 26.3 Å². The first-order valence-electron chi connectivity index (χ1n) is 7.66. The largest absolute Gasteiger partial charge is 0.493 e. The second-order valence-corrected chi connectivity index (χ2v) is 6.42. The Morgan fingerprint density at radius 3 is 2.55 bits per heavy atom. The van der Waals surface area contributed by atoms with E-state index < -0.39 is 0 Å². The van der Waals surface area contributed by atoms with Gasteiger partial charge < -0.3 is 4.74 Å². The van der Waals surface area contributed by atoms with Crippen LogP contribution in [0.25, 0.3) is 0 Å². The minimum atomic E-state index is 0.264. The van der Waals surface area contributed by atoms with Crippen LogP contribution in [0.5, 0.6) is 5.75 Å². The van der Waals surface area contributed by atoms with E-state index in [1.54, 1.807) is 0 Å². The molecule has 2 nitrogen and oxygen atoms in total. The van der Waals surface area contributed by atoms with Gasteiger partial charge in [0.1, 0.15) is 5.75 Å². The number of benzene rings is 1. The Hall–Kier alpha value is -0.830. The predicted molar refractivity (Wildman–Crippen MR) is 85.5 cm³/mol. The summed E-state index contributed by atoms with van der Waals surface area (Å²) in [5, 5.41) is 0. The van der Waals surface area contributed by atoms with E-state index in [2.05, 4.69) is 15.9 Å². The molecule has 0 bridgehead atoms. The van der Waals surface area contributed by atoms with E-state index in [4.69, 9.17) is 4.74 Å². The summed E-state index contributed by atoms with van der Waals surface area (Å²) in [5.41, 5.74) is 0.796. The van der Waals surface area contributed by atoms with Gasteiger partial charge in [-0.25, -0.2) is 0 Å². The molecule has 1 saturated carbocycles. The van der Waals surface area contributed by atoms with E-state index in [0.29, 0.717) is 18.9 Å². The van der Waals surface area contributed by atoms with Crippen LogP contribution < -0.4 is 4.74 Å². The first-order chi connectivity index (χ1) is 9.70. The van der Waals surface area contributed by atoms with Crippen LogP contribution >= 0.6 is 15.9 Å². The molecular weight excluding hydrogens is 316 g/mol. The Labute approximate surface area is 130 Å². The highest BCUT2D eigenvalue weighted by Gasteiger charge is 2.17. The van der Waals surface area contributed by atoms with Crippen LogP contribution in [0.3, 0.4) is 0 Å². The number of rotatable bonds is 5. The molecule has 110 valence electrons. The highest BCUT2D eigenvalue weighted by atomic mass is 79.9. The van der Waals surface area contributed by atoms with E-state index in [9.17, 15) is 4.79 Å². The van der Waals surface area contributed by atoms with Crippen LogP contribution in [0.1, 0.15) is 62.2 Å². The molecule has 0 aliphatic heterocycles. The van der Waals surface area contributed by atoms with Crippen LogP contribution in [0.2, 0.25) is 0 Å². The van der Waals surface area contributed by atoms with Gasteiger partial charge >= 0.3 is 0 Å². The minimum absolute atomic E-state index is 0.264. The maximum Gasteiger partial charge on any atom is 0.163 e. The van der Waals surface area contributed by atoms with Crippen molar-refractivity contribution < 1.29 is 9.53 Å². The van der Waals surface area contributed by atoms with Crippen LogP contribution in [-0.2, 0) is 0 Å². The zero-order chi connectivity index (χ0) is 14.4. The molecule has 0 spiro atoms. The number of ketones is 1. The van der Waals surface area contributed by atoms with Crippen molar-refractivity contribution in [3.63, 3.8) is 0 Å². The maximum absolute atomic E-state index is 12.4. The van der Waals surface area contributed by atoms with Crippen LogP contribution in [0, 0.1) is 5.92 Å². The average Bonchev–Trinajstić information content (AvgIpc) is 2.70. The third-order valence-corrected chi connectivity index (χ3v) is 4.62. The van der Waals surface area contributed by atoms with Gasteiger partial charge in [-0.1, -0.05) is 38.5 Å². The van der Waals surface area contributed by atoms with Crippen LogP contribution in [-0.4, -0.2) is 12.4 Å². The molecule has 0 atom stereocenters. The first-order valence-corrected chi connectivity index (χ1v) is 8.45. The number of hydrogen-bond acceptors (Lipinski definition) is 2. The van der Waals surface area contributed by atoms with Crippen molar-refractivity contribution in [2.45, 2.75) is 51.9 Å². The van der Waals surface area contributed by atoms with Crippen molar-refractivity contribution >= 4 is 21.7 Å². The van der Waals surface area contributed by atoms with Gasteiger partial charge in [-0.3, -0.25) is 4.79 Å². The van der Waals surface area contributed by atoms with E-state index in [-0.39, 0.29) is 5.78 Å². The van der Waals surface area contributed by atoms with Gasteiger partial charge in [0.15, 0.2) is 5.78 Å². The van der Waals surface area contributed by atoms with Gasteiger partial charge in [-0.05, 0) is 47.0 Å². The Balaban J connectivity index is 1.99. The van der Waals surface area contributed by atoms with Gasteiger partial charge in [-0.2, -0.15) is 0 Å². The normalized spacial score (nSPS) is 16.7. The summed E-state index contributed by atoms with van der Waals surface area (Å²) >= 11 is 3.48. The SMILES string of the molecule is CCOc1ccc(C(=O)CC2CCCCCC2)cc1Br. The van der Waals surface area contributed by atoms with E-state index in [0.717, 1.165) is 15.8 Å². The van der Waals surface area contributed by atoms with Gasteiger partial charge in [-0.15, -0.1) is 0 Å². The van der Waals surface area contributed by atoms with Gasteiger partial charge in [0, 0.05) is 12.0 Å². The predicted octanol–water partition coefficient (Wildman–Crippen LogP) is 5.39. The third kappa shape index (κ3) is 4.34. The molecule has 2 rings (SSSR count). The Morgan fingerprint density at radius 1 is 1.25 bits per heavy atom. The summed E-state index contributed by atoms with van der Waals surface area (Å²) in [6.07, 6.45) is 8.35. The van der Waals surface area contributed by atoms with Gasteiger partial charge in [0.2, 0.25) is 0 Å². The minimum Gasteiger partial charge on any atom is -0.493 e. The van der Waals surface area contributed by atoms with E-state index in [1.807, 2.05) is 25.1 Å². The Morgan fingerprint density at radius 2 is 1.95 bits per heavy atom. The Bertz CT molecular complexity index is 448. The van der Waals surface area contributed by atoms with Crippen molar-refractivity contribution in [2.75, 3.05) is 6.61 Å². The molecule has 0 heterocycles. The second-order valence-electron chi connectivity index (χ2n) is 5.56. The van der Waals surface area contributed by atoms with Crippen molar-refractivity contribution in [1.29, 1.82) is 0 Å². The molecule has 0 aromatic heterocycles. The first kappa shape index (κ1) is 15.6. The molecule has 0 N–H and O–H groups in total. The lowest BCUT2D eigenvalue weighted by Gasteiger charge is -2.13. The molecule has 3 heteroatoms. The van der Waals surface area contributed by atoms with Crippen molar-refractivity contribution in [3.05, 3.63) is 28.2 Å². The van der Waals surface area contributed by atoms with E-state index in [1.165, 1.54) is 38.5 Å². The molecular formula is C17H23BrO2. The van der Waals surface area contributed by atoms with Crippen molar-refractivity contribution in [1.82, 2.24) is 0 Å². The smallest absolute Gasteiger partial charge is 0.163 e. The Kier molecular flexibility index (Phi) is 6.08. The lowest BCUT2D eigenvalue weighted by Crippen LogP contribution is -2.08. The van der Waals surface area contributed by atoms with Crippen LogP contribution in [0.4, 0.5) is 0 Å². The summed E-state index contributed by atoms with van der Waals surface area (Å²) in [5.74, 6) is 1.65. The summed E-state index contributed by atoms with van der Waals surface area (Å²) in [6, 6.07) is 5.66. The van der Waals surface area contributed by atoms with E-state index >= 15 is 0 Å². The molecule has 20 heavy (non-hydrogen) atoms. The molecule has 0 amide bonds. The quantitative estimate of drug-likeness (QED) is 0.531. The molecule has 1 aliphatic rings. The highest BCUT2D eigenvalue weighted by Crippen LogP contribution is 2.29. The molecule has 0 radical (unpaired) electrons. The third-order valence-electron chi connectivity index (χ3n) is 4.00. The summed E-state index contributed by atoms with van der Waals surface area (Å²) in [4.78, 5) is 12.4. The lowest BCUT2D eigenvalue weighted by molar-refractivity contribution is 0.0957. The lowest BCUT2D eigenvalue weighted by atomic mass is 9.92. The number of hydrogen-bond donors (Lipinski definition) is 0. The fourth-order valence-corrected chi connectivity index (χ4v) is 3.39. The fraction of sp³-hybridized carbons (Fsp3) is 0.588. The number of carbonyl (C=O) groups is 1. The molecule has 1 aliphatic carbocycles. The number of Topliss-reactive ketones (excluding diaryl/α,β-unsaturated/α-hetero) is 1. The summed E-state index contributed by atoms with van der Waals surface area (Å²) < 4.78 is 6.35. The molecule has 1 aromatic carbocycles. The average molecular weight is 339 g/mol. The summed E-state index contributed by atoms with van der Waals surface area (Å²) in [7, 11) is 0. The number of carbonyl (C=O) groups excluding carboxylic acids is 1. The molecule has 0 unspecified atom stereocenters. The second kappa shape index (κ2) is 7.82. The zero-order valence-corrected chi connectivity index (χ0v) is 13.7. The molecule has 0 saturated heterocycles. The molecule has 1 aromatic rings. The van der Waals surface area contributed by atoms with Gasteiger partial charge in [0.25, 0.3) is 0 Å². The fourth-order valence-electron chi connectivity index (χ4n) is 2.89.